The van der Waals surface area contributed by atoms with Gasteiger partial charge in [-0.05, 0) is 38.8 Å². The Hall–Kier alpha value is -1.36. The van der Waals surface area contributed by atoms with Crippen LogP contribution in [-0.4, -0.2) is 22.5 Å². The fourth-order valence-electron chi connectivity index (χ4n) is 2.46. The molecule has 5 heteroatoms. The van der Waals surface area contributed by atoms with E-state index in [0.717, 1.165) is 22.2 Å². The van der Waals surface area contributed by atoms with E-state index in [0.29, 0.717) is 10.9 Å². The number of fused-ring (bicyclic) bond motifs is 1. The third-order valence-corrected chi connectivity index (χ3v) is 4.74. The average molecular weight is 352 g/mol. The van der Waals surface area contributed by atoms with Gasteiger partial charge in [-0.15, -0.1) is 0 Å². The molecule has 0 radical (unpaired) electrons. The van der Waals surface area contributed by atoms with Gasteiger partial charge in [-0.2, -0.15) is 22.8 Å². The third-order valence-electron chi connectivity index (χ3n) is 4.12. The quantitative estimate of drug-likeness (QED) is 0.517. The molecule has 24 heavy (non-hydrogen) atoms. The molecule has 0 aliphatic rings. The summed E-state index contributed by atoms with van der Waals surface area (Å²) in [5, 5.41) is 13.2. The lowest BCUT2D eigenvalue weighted by Gasteiger charge is -2.07. The van der Waals surface area contributed by atoms with Crippen LogP contribution in [0.3, 0.4) is 0 Å². The van der Waals surface area contributed by atoms with E-state index < -0.39 is 0 Å². The van der Waals surface area contributed by atoms with Crippen LogP contribution in [0.15, 0.2) is 12.1 Å². The SMILES string of the molecule is CCCCCC(S)CC.CNc1cc2c(C)nnc(C)c2cc1F. The van der Waals surface area contributed by atoms with Crippen LogP contribution in [0.25, 0.3) is 10.8 Å². The summed E-state index contributed by atoms with van der Waals surface area (Å²) >= 11 is 4.40. The van der Waals surface area contributed by atoms with Crippen molar-refractivity contribution in [3.8, 4) is 0 Å². The molecule has 1 aromatic carbocycles. The van der Waals surface area contributed by atoms with Crippen LogP contribution < -0.4 is 5.32 Å². The van der Waals surface area contributed by atoms with Crippen molar-refractivity contribution >= 4 is 29.1 Å². The number of halogens is 1. The minimum absolute atomic E-state index is 0.263. The van der Waals surface area contributed by atoms with Crippen molar-refractivity contribution in [3.63, 3.8) is 0 Å². The second-order valence-corrected chi connectivity index (χ2v) is 6.79. The Labute approximate surface area is 150 Å². The normalized spacial score (nSPS) is 11.8. The van der Waals surface area contributed by atoms with Crippen molar-refractivity contribution in [2.75, 3.05) is 12.4 Å². The highest BCUT2D eigenvalue weighted by molar-refractivity contribution is 7.80. The third kappa shape index (κ3) is 5.93. The Bertz CT molecular complexity index is 646. The Kier molecular flexibility index (Phi) is 9.04. The Morgan fingerprint density at radius 3 is 2.17 bits per heavy atom. The number of aromatic nitrogens is 2. The van der Waals surface area contributed by atoms with E-state index in [1.807, 2.05) is 13.8 Å². The molecule has 0 aliphatic heterocycles. The van der Waals surface area contributed by atoms with Gasteiger partial charge >= 0.3 is 0 Å². The first kappa shape index (κ1) is 20.7. The summed E-state index contributed by atoms with van der Waals surface area (Å²) in [5.74, 6) is -0.263. The first-order valence-electron chi connectivity index (χ1n) is 8.73. The van der Waals surface area contributed by atoms with Gasteiger partial charge in [0.1, 0.15) is 5.82 Å². The average Bonchev–Trinajstić information content (AvgIpc) is 2.58. The fourth-order valence-corrected chi connectivity index (χ4v) is 2.64. The van der Waals surface area contributed by atoms with Crippen molar-refractivity contribution in [2.45, 2.75) is 65.0 Å². The van der Waals surface area contributed by atoms with Crippen LogP contribution in [0.2, 0.25) is 0 Å². The van der Waals surface area contributed by atoms with Crippen molar-refractivity contribution in [3.05, 3.63) is 29.3 Å². The molecule has 0 amide bonds. The van der Waals surface area contributed by atoms with Gasteiger partial charge in [-0.1, -0.05) is 33.1 Å². The molecule has 1 heterocycles. The van der Waals surface area contributed by atoms with Crippen LogP contribution in [0.5, 0.6) is 0 Å². The zero-order chi connectivity index (χ0) is 18.1. The largest absolute Gasteiger partial charge is 0.386 e. The summed E-state index contributed by atoms with van der Waals surface area (Å²) in [7, 11) is 1.70. The number of nitrogens with zero attached hydrogens (tertiary/aromatic N) is 2. The molecule has 0 fully saturated rings. The van der Waals surface area contributed by atoms with Crippen molar-refractivity contribution in [2.24, 2.45) is 0 Å². The van der Waals surface area contributed by atoms with Gasteiger partial charge in [0, 0.05) is 23.1 Å². The molecule has 1 atom stereocenters. The van der Waals surface area contributed by atoms with Crippen molar-refractivity contribution in [1.29, 1.82) is 0 Å². The molecule has 1 N–H and O–H groups in total. The maximum atomic E-state index is 13.5. The zero-order valence-electron chi connectivity index (χ0n) is 15.5. The van der Waals surface area contributed by atoms with Crippen LogP contribution >= 0.6 is 12.6 Å². The Morgan fingerprint density at radius 1 is 1.08 bits per heavy atom. The smallest absolute Gasteiger partial charge is 0.146 e. The van der Waals surface area contributed by atoms with Gasteiger partial charge in [0.25, 0.3) is 0 Å². The van der Waals surface area contributed by atoms with Crippen LogP contribution in [0.1, 0.15) is 57.3 Å². The first-order valence-corrected chi connectivity index (χ1v) is 9.25. The molecule has 134 valence electrons. The Balaban J connectivity index is 0.000000277. The highest BCUT2D eigenvalue weighted by atomic mass is 32.1. The second-order valence-electron chi connectivity index (χ2n) is 6.06. The summed E-state index contributed by atoms with van der Waals surface area (Å²) in [6.45, 7) is 8.13. The zero-order valence-corrected chi connectivity index (χ0v) is 16.4. The Morgan fingerprint density at radius 2 is 1.67 bits per heavy atom. The molecule has 0 saturated heterocycles. The van der Waals surface area contributed by atoms with Crippen molar-refractivity contribution in [1.82, 2.24) is 10.2 Å². The van der Waals surface area contributed by atoms with E-state index in [2.05, 4.69) is 42.0 Å². The standard InChI is InChI=1S/C11H12FN3.C8H18S/c1-6-8-4-10(12)11(13-3)5-9(8)7(2)15-14-6;1-3-5-6-7-8(9)4-2/h4-5,13H,1-3H3;8-9H,3-7H2,1-2H3. The maximum absolute atomic E-state index is 13.5. The molecule has 1 aromatic heterocycles. The number of aryl methyl sites for hydroxylation is 2. The van der Waals surface area contributed by atoms with E-state index in [1.54, 1.807) is 13.1 Å². The summed E-state index contributed by atoms with van der Waals surface area (Å²) in [6, 6.07) is 3.26. The number of hydrogen-bond donors (Lipinski definition) is 2. The van der Waals surface area contributed by atoms with Gasteiger partial charge < -0.3 is 5.32 Å². The van der Waals surface area contributed by atoms with E-state index in [-0.39, 0.29) is 5.82 Å². The fraction of sp³-hybridized carbons (Fsp3) is 0.579. The van der Waals surface area contributed by atoms with Gasteiger partial charge in [0.15, 0.2) is 0 Å². The minimum Gasteiger partial charge on any atom is -0.386 e. The van der Waals surface area contributed by atoms with Crippen LogP contribution in [0.4, 0.5) is 10.1 Å². The number of unbranched alkanes of at least 4 members (excludes halogenated alkanes) is 2. The molecule has 3 nitrogen and oxygen atoms in total. The number of nitrogens with one attached hydrogen (secondary N) is 1. The van der Waals surface area contributed by atoms with Crippen LogP contribution in [0, 0.1) is 19.7 Å². The summed E-state index contributed by atoms with van der Waals surface area (Å²) in [6.07, 6.45) is 6.57. The second kappa shape index (κ2) is 10.5. The number of thiol groups is 1. The van der Waals surface area contributed by atoms with E-state index in [9.17, 15) is 4.39 Å². The molecular formula is C19H30FN3S. The lowest BCUT2D eigenvalue weighted by Crippen LogP contribution is -1.97. The highest BCUT2D eigenvalue weighted by Gasteiger charge is 2.08. The summed E-state index contributed by atoms with van der Waals surface area (Å²) in [4.78, 5) is 0. The highest BCUT2D eigenvalue weighted by Crippen LogP contribution is 2.25. The lowest BCUT2D eigenvalue weighted by atomic mass is 10.1. The number of rotatable bonds is 6. The monoisotopic (exact) mass is 351 g/mol. The van der Waals surface area contributed by atoms with Crippen molar-refractivity contribution < 1.29 is 4.39 Å². The van der Waals surface area contributed by atoms with Gasteiger partial charge in [0.2, 0.25) is 0 Å². The van der Waals surface area contributed by atoms with Gasteiger partial charge in [-0.3, -0.25) is 0 Å². The van der Waals surface area contributed by atoms with Gasteiger partial charge in [-0.25, -0.2) is 4.39 Å². The predicted molar refractivity (Wildman–Crippen MR) is 106 cm³/mol. The van der Waals surface area contributed by atoms with Crippen LogP contribution in [-0.2, 0) is 0 Å². The van der Waals surface area contributed by atoms with Gasteiger partial charge in [0.05, 0.1) is 17.1 Å². The lowest BCUT2D eigenvalue weighted by molar-refractivity contribution is 0.633. The van der Waals surface area contributed by atoms with E-state index in [4.69, 9.17) is 0 Å². The maximum Gasteiger partial charge on any atom is 0.146 e. The molecular weight excluding hydrogens is 321 g/mol. The summed E-state index contributed by atoms with van der Waals surface area (Å²) in [5.41, 5.74) is 2.04. The molecule has 2 rings (SSSR count). The minimum atomic E-state index is -0.263. The molecule has 1 unspecified atom stereocenters. The number of benzene rings is 1. The molecule has 0 bridgehead atoms. The number of anilines is 1. The number of hydrogen-bond acceptors (Lipinski definition) is 4. The summed E-state index contributed by atoms with van der Waals surface area (Å²) < 4.78 is 13.5. The topological polar surface area (TPSA) is 37.8 Å². The predicted octanol–water partition coefficient (Wildman–Crippen LogP) is 5.70. The molecule has 2 aromatic rings. The van der Waals surface area contributed by atoms with E-state index in [1.165, 1.54) is 38.2 Å². The first-order chi connectivity index (χ1) is 11.4. The molecule has 0 spiro atoms. The molecule has 0 aliphatic carbocycles. The van der Waals surface area contributed by atoms with E-state index >= 15 is 0 Å². The molecule has 0 saturated carbocycles.